The zero-order chi connectivity index (χ0) is 14.5. The van der Waals surface area contributed by atoms with Crippen LogP contribution < -0.4 is 0 Å². The van der Waals surface area contributed by atoms with Crippen LogP contribution in [-0.4, -0.2) is 36.6 Å². The van der Waals surface area contributed by atoms with Gasteiger partial charge < -0.3 is 4.74 Å². The quantitative estimate of drug-likeness (QED) is 0.797. The Morgan fingerprint density at radius 2 is 1.90 bits per heavy atom. The Morgan fingerprint density at radius 1 is 1.10 bits per heavy atom. The van der Waals surface area contributed by atoms with Crippen LogP contribution in [0.4, 0.5) is 0 Å². The van der Waals surface area contributed by atoms with Crippen LogP contribution in [0.25, 0.3) is 0 Å². The van der Waals surface area contributed by atoms with E-state index in [2.05, 4.69) is 4.90 Å². The lowest BCUT2D eigenvalue weighted by Crippen LogP contribution is -2.49. The van der Waals surface area contributed by atoms with E-state index >= 15 is 0 Å². The molecule has 0 saturated carbocycles. The number of benzene rings is 1. The maximum atomic E-state index is 12.0. The molecule has 2 heterocycles. The third kappa shape index (κ3) is 3.85. The molecule has 3 heteroatoms. The minimum atomic E-state index is -0.0888. The number of esters is 1. The van der Waals surface area contributed by atoms with Gasteiger partial charge in [-0.3, -0.25) is 9.69 Å². The van der Waals surface area contributed by atoms with Crippen LogP contribution in [-0.2, 0) is 16.0 Å². The maximum absolute atomic E-state index is 12.0. The first-order valence-corrected chi connectivity index (χ1v) is 8.26. The van der Waals surface area contributed by atoms with Gasteiger partial charge in [-0.15, -0.1) is 0 Å². The lowest BCUT2D eigenvalue weighted by molar-refractivity contribution is -0.145. The van der Waals surface area contributed by atoms with Crippen LogP contribution >= 0.6 is 0 Å². The van der Waals surface area contributed by atoms with E-state index < -0.39 is 0 Å². The summed E-state index contributed by atoms with van der Waals surface area (Å²) in [5, 5.41) is 0. The molecule has 2 saturated heterocycles. The van der Waals surface area contributed by atoms with E-state index in [1.165, 1.54) is 45.2 Å². The first-order valence-electron chi connectivity index (χ1n) is 8.26. The summed E-state index contributed by atoms with van der Waals surface area (Å²) in [6.45, 7) is 3.07. The number of nitrogens with zero attached hydrogens (tertiary/aromatic N) is 1. The minimum Gasteiger partial charge on any atom is -0.465 e. The molecule has 0 spiro atoms. The molecule has 2 fully saturated rings. The van der Waals surface area contributed by atoms with Crippen LogP contribution in [0.2, 0.25) is 0 Å². The van der Waals surface area contributed by atoms with Gasteiger partial charge in [-0.05, 0) is 44.3 Å². The van der Waals surface area contributed by atoms with Gasteiger partial charge in [-0.2, -0.15) is 0 Å². The van der Waals surface area contributed by atoms with Crippen molar-refractivity contribution in [2.45, 2.75) is 44.6 Å². The molecule has 1 aromatic carbocycles. The summed E-state index contributed by atoms with van der Waals surface area (Å²) in [5.41, 5.74) is 1.03. The molecule has 0 unspecified atom stereocenters. The summed E-state index contributed by atoms with van der Waals surface area (Å²) >= 11 is 0. The highest BCUT2D eigenvalue weighted by molar-refractivity contribution is 5.72. The van der Waals surface area contributed by atoms with E-state index in [4.69, 9.17) is 4.74 Å². The Morgan fingerprint density at radius 3 is 2.76 bits per heavy atom. The van der Waals surface area contributed by atoms with Crippen molar-refractivity contribution in [3.8, 4) is 0 Å². The standard InChI is InChI=1S/C18H25NO2/c20-18(13-15-7-2-1-3-8-15)21-14-16-9-6-12-19-11-5-4-10-17(16)19/h1-3,7-8,16-17H,4-6,9-14H2/t16-,17-/m1/s1. The molecule has 2 aliphatic heterocycles. The van der Waals surface area contributed by atoms with Gasteiger partial charge in [0.2, 0.25) is 0 Å². The number of hydrogen-bond donors (Lipinski definition) is 0. The molecule has 0 radical (unpaired) electrons. The lowest BCUT2D eigenvalue weighted by atomic mass is 9.84. The van der Waals surface area contributed by atoms with E-state index in [0.29, 0.717) is 25.0 Å². The van der Waals surface area contributed by atoms with E-state index in [-0.39, 0.29) is 5.97 Å². The van der Waals surface area contributed by atoms with Crippen molar-refractivity contribution in [1.29, 1.82) is 0 Å². The van der Waals surface area contributed by atoms with Crippen molar-refractivity contribution in [3.05, 3.63) is 35.9 Å². The fourth-order valence-corrected chi connectivity index (χ4v) is 3.79. The molecular weight excluding hydrogens is 262 g/mol. The van der Waals surface area contributed by atoms with Crippen molar-refractivity contribution < 1.29 is 9.53 Å². The normalized spacial score (nSPS) is 26.1. The Labute approximate surface area is 127 Å². The van der Waals surface area contributed by atoms with Gasteiger partial charge in [0.15, 0.2) is 0 Å². The van der Waals surface area contributed by atoms with Crippen molar-refractivity contribution in [2.24, 2.45) is 5.92 Å². The number of carbonyl (C=O) groups is 1. The molecule has 0 bridgehead atoms. The number of rotatable bonds is 4. The molecule has 0 N–H and O–H groups in total. The Balaban J connectivity index is 1.48. The first kappa shape index (κ1) is 14.6. The van der Waals surface area contributed by atoms with Gasteiger partial charge in [-0.1, -0.05) is 36.8 Å². The minimum absolute atomic E-state index is 0.0888. The summed E-state index contributed by atoms with van der Waals surface area (Å²) in [7, 11) is 0. The summed E-state index contributed by atoms with van der Waals surface area (Å²) < 4.78 is 5.57. The second-order valence-electron chi connectivity index (χ2n) is 6.35. The molecule has 114 valence electrons. The van der Waals surface area contributed by atoms with Crippen molar-refractivity contribution in [3.63, 3.8) is 0 Å². The fraction of sp³-hybridized carbons (Fsp3) is 0.611. The topological polar surface area (TPSA) is 29.5 Å². The summed E-state index contributed by atoms with van der Waals surface area (Å²) in [4.78, 5) is 14.6. The first-order chi connectivity index (χ1) is 10.3. The largest absolute Gasteiger partial charge is 0.465 e. The number of carbonyl (C=O) groups excluding carboxylic acids is 1. The molecule has 2 aliphatic rings. The van der Waals surface area contributed by atoms with Crippen LogP contribution in [0.15, 0.2) is 30.3 Å². The molecule has 1 aromatic rings. The molecule has 0 aromatic heterocycles. The molecule has 0 amide bonds. The zero-order valence-corrected chi connectivity index (χ0v) is 12.7. The smallest absolute Gasteiger partial charge is 0.310 e. The number of hydrogen-bond acceptors (Lipinski definition) is 3. The molecule has 2 atom stereocenters. The summed E-state index contributed by atoms with van der Waals surface area (Å²) in [5.74, 6) is 0.452. The van der Waals surface area contributed by atoms with Gasteiger partial charge in [0.25, 0.3) is 0 Å². The van der Waals surface area contributed by atoms with Gasteiger partial charge in [-0.25, -0.2) is 0 Å². The molecule has 0 aliphatic carbocycles. The lowest BCUT2D eigenvalue weighted by Gasteiger charge is -2.44. The van der Waals surface area contributed by atoms with E-state index in [9.17, 15) is 4.79 Å². The highest BCUT2D eigenvalue weighted by Crippen LogP contribution is 2.31. The predicted octanol–water partition coefficient (Wildman–Crippen LogP) is 3.04. The molecule has 21 heavy (non-hydrogen) atoms. The highest BCUT2D eigenvalue weighted by Gasteiger charge is 2.33. The van der Waals surface area contributed by atoms with E-state index in [1.54, 1.807) is 0 Å². The van der Waals surface area contributed by atoms with Gasteiger partial charge in [0.1, 0.15) is 0 Å². The zero-order valence-electron chi connectivity index (χ0n) is 12.7. The average Bonchev–Trinajstić information content (AvgIpc) is 2.54. The predicted molar refractivity (Wildman–Crippen MR) is 83.0 cm³/mol. The van der Waals surface area contributed by atoms with Crippen LogP contribution in [0.5, 0.6) is 0 Å². The van der Waals surface area contributed by atoms with Crippen LogP contribution in [0.3, 0.4) is 0 Å². The van der Waals surface area contributed by atoms with Crippen LogP contribution in [0, 0.1) is 5.92 Å². The molecule has 3 rings (SSSR count). The molecule has 3 nitrogen and oxygen atoms in total. The third-order valence-corrected chi connectivity index (χ3v) is 4.88. The van der Waals surface area contributed by atoms with E-state index in [1.807, 2.05) is 30.3 Å². The van der Waals surface area contributed by atoms with Crippen molar-refractivity contribution in [2.75, 3.05) is 19.7 Å². The Hall–Kier alpha value is -1.35. The number of piperidine rings is 2. The van der Waals surface area contributed by atoms with Crippen LogP contribution in [0.1, 0.15) is 37.7 Å². The third-order valence-electron chi connectivity index (χ3n) is 4.88. The maximum Gasteiger partial charge on any atom is 0.310 e. The van der Waals surface area contributed by atoms with Crippen molar-refractivity contribution >= 4 is 5.97 Å². The SMILES string of the molecule is O=C(Cc1ccccc1)OC[C@H]1CCCN2CCCC[C@H]12. The second kappa shape index (κ2) is 7.08. The molecular formula is C18H25NO2. The Kier molecular flexibility index (Phi) is 4.91. The van der Waals surface area contributed by atoms with Gasteiger partial charge in [0.05, 0.1) is 13.0 Å². The van der Waals surface area contributed by atoms with Gasteiger partial charge >= 0.3 is 5.97 Å². The van der Waals surface area contributed by atoms with E-state index in [0.717, 1.165) is 5.56 Å². The Bertz CT molecular complexity index is 458. The second-order valence-corrected chi connectivity index (χ2v) is 6.35. The summed E-state index contributed by atoms with van der Waals surface area (Å²) in [6, 6.07) is 10.5. The summed E-state index contributed by atoms with van der Waals surface area (Å²) in [6.07, 6.45) is 6.78. The highest BCUT2D eigenvalue weighted by atomic mass is 16.5. The number of ether oxygens (including phenoxy) is 1. The van der Waals surface area contributed by atoms with Crippen molar-refractivity contribution in [1.82, 2.24) is 4.90 Å². The number of fused-ring (bicyclic) bond motifs is 1. The average molecular weight is 287 g/mol. The van der Waals surface area contributed by atoms with Gasteiger partial charge in [0, 0.05) is 12.0 Å². The fourth-order valence-electron chi connectivity index (χ4n) is 3.79. The monoisotopic (exact) mass is 287 g/mol.